The van der Waals surface area contributed by atoms with Crippen LogP contribution in [0, 0.1) is 5.92 Å². The lowest BCUT2D eigenvalue weighted by molar-refractivity contribution is 0.0331. The van der Waals surface area contributed by atoms with E-state index >= 15 is 0 Å². The molecule has 5 nitrogen and oxygen atoms in total. The van der Waals surface area contributed by atoms with Crippen molar-refractivity contribution in [1.82, 2.24) is 4.90 Å². The fourth-order valence-corrected chi connectivity index (χ4v) is 2.63. The second kappa shape index (κ2) is 6.63. The van der Waals surface area contributed by atoms with E-state index in [4.69, 9.17) is 38.8 Å². The summed E-state index contributed by atoms with van der Waals surface area (Å²) in [7, 11) is 0. The highest BCUT2D eigenvalue weighted by Crippen LogP contribution is 2.32. The number of amides is 1. The van der Waals surface area contributed by atoms with Crippen LogP contribution >= 0.6 is 23.2 Å². The quantitative estimate of drug-likeness (QED) is 0.878. The Bertz CT molecular complexity index is 499. The maximum Gasteiger partial charge on any atom is 0.407 e. The van der Waals surface area contributed by atoms with E-state index < -0.39 is 6.09 Å². The zero-order chi connectivity index (χ0) is 14.7. The molecule has 2 rings (SSSR count). The van der Waals surface area contributed by atoms with Gasteiger partial charge in [0.15, 0.2) is 0 Å². The molecule has 0 saturated carbocycles. The summed E-state index contributed by atoms with van der Waals surface area (Å²) in [6.45, 7) is 1.34. The van der Waals surface area contributed by atoms with Crippen LogP contribution in [0.4, 0.5) is 4.79 Å². The van der Waals surface area contributed by atoms with Crippen molar-refractivity contribution in [3.8, 4) is 0 Å². The largest absolute Gasteiger partial charge is 0.465 e. The van der Waals surface area contributed by atoms with Gasteiger partial charge in [-0.15, -0.1) is 0 Å². The van der Waals surface area contributed by atoms with Crippen molar-refractivity contribution < 1.29 is 14.6 Å². The minimum absolute atomic E-state index is 0.120. The van der Waals surface area contributed by atoms with Crippen molar-refractivity contribution in [3.05, 3.63) is 33.8 Å². The number of hydrogen-bond acceptors (Lipinski definition) is 3. The molecule has 0 spiro atoms. The highest BCUT2D eigenvalue weighted by atomic mass is 35.5. The number of ether oxygens (including phenoxy) is 1. The Morgan fingerprint density at radius 2 is 2.20 bits per heavy atom. The molecule has 20 heavy (non-hydrogen) atoms. The topological polar surface area (TPSA) is 75.8 Å². The van der Waals surface area contributed by atoms with Gasteiger partial charge < -0.3 is 20.5 Å². The predicted octanol–water partition coefficient (Wildman–Crippen LogP) is 2.62. The average Bonchev–Trinajstić information content (AvgIpc) is 2.64. The van der Waals surface area contributed by atoms with Gasteiger partial charge in [0.05, 0.1) is 22.8 Å². The summed E-state index contributed by atoms with van der Waals surface area (Å²) in [4.78, 5) is 12.4. The Hall–Kier alpha value is -1.01. The van der Waals surface area contributed by atoms with Crippen molar-refractivity contribution in [3.63, 3.8) is 0 Å². The Labute approximate surface area is 127 Å². The van der Waals surface area contributed by atoms with Gasteiger partial charge in [0.1, 0.15) is 0 Å². The average molecular weight is 319 g/mol. The highest BCUT2D eigenvalue weighted by Gasteiger charge is 2.30. The monoisotopic (exact) mass is 318 g/mol. The van der Waals surface area contributed by atoms with Crippen LogP contribution in [0.25, 0.3) is 0 Å². The number of halogens is 2. The van der Waals surface area contributed by atoms with E-state index in [0.717, 1.165) is 5.56 Å². The molecule has 1 aromatic rings. The van der Waals surface area contributed by atoms with Gasteiger partial charge in [0.2, 0.25) is 0 Å². The van der Waals surface area contributed by atoms with E-state index in [1.54, 1.807) is 12.1 Å². The molecule has 0 radical (unpaired) electrons. The molecule has 1 amide bonds. The van der Waals surface area contributed by atoms with E-state index in [0.29, 0.717) is 36.3 Å². The van der Waals surface area contributed by atoms with Gasteiger partial charge in [-0.1, -0.05) is 29.3 Å². The molecule has 1 aliphatic rings. The fourth-order valence-electron chi connectivity index (χ4n) is 2.33. The van der Waals surface area contributed by atoms with E-state index in [9.17, 15) is 4.79 Å². The van der Waals surface area contributed by atoms with Gasteiger partial charge in [0.25, 0.3) is 0 Å². The molecule has 0 unspecified atom stereocenters. The third kappa shape index (κ3) is 3.35. The molecule has 1 saturated heterocycles. The van der Waals surface area contributed by atoms with Crippen LogP contribution in [0.15, 0.2) is 18.2 Å². The number of hydrogen-bond donors (Lipinski definition) is 2. The van der Waals surface area contributed by atoms with Crippen LogP contribution < -0.4 is 5.73 Å². The smallest absolute Gasteiger partial charge is 0.407 e. The van der Waals surface area contributed by atoms with E-state index in [-0.39, 0.29) is 12.0 Å². The first-order valence-electron chi connectivity index (χ1n) is 6.27. The second-order valence-electron chi connectivity index (χ2n) is 4.69. The number of rotatable bonds is 2. The standard InChI is InChI=1S/C13H16Cl2N2O3/c14-10-2-1-8(5-11(10)15)12-9(6-16)7-17(13(18)19)3-4-20-12/h1-2,5,9,12H,3-4,6-7,16H2,(H,18,19)/t9-,12+/m1/s1. The third-order valence-electron chi connectivity index (χ3n) is 3.39. The minimum atomic E-state index is -0.957. The van der Waals surface area contributed by atoms with Gasteiger partial charge in [-0.3, -0.25) is 0 Å². The van der Waals surface area contributed by atoms with Crippen LogP contribution in [-0.2, 0) is 4.74 Å². The van der Waals surface area contributed by atoms with Gasteiger partial charge in [-0.25, -0.2) is 4.79 Å². The molecular weight excluding hydrogens is 303 g/mol. The van der Waals surface area contributed by atoms with Gasteiger partial charge in [0, 0.05) is 19.0 Å². The SMILES string of the molecule is NC[C@@H]1CN(C(=O)O)CCO[C@H]1c1ccc(Cl)c(Cl)c1. The Kier molecular flexibility index (Phi) is 5.10. The minimum Gasteiger partial charge on any atom is -0.465 e. The maximum absolute atomic E-state index is 11.1. The van der Waals surface area contributed by atoms with Crippen LogP contribution in [0.5, 0.6) is 0 Å². The van der Waals surface area contributed by atoms with Crippen molar-refractivity contribution in [2.75, 3.05) is 26.2 Å². The number of nitrogens with zero attached hydrogens (tertiary/aromatic N) is 1. The summed E-state index contributed by atoms with van der Waals surface area (Å²) in [5.74, 6) is -0.120. The maximum atomic E-state index is 11.1. The van der Waals surface area contributed by atoms with Gasteiger partial charge >= 0.3 is 6.09 Å². The predicted molar refractivity (Wildman–Crippen MR) is 77.3 cm³/mol. The summed E-state index contributed by atoms with van der Waals surface area (Å²) in [5.41, 5.74) is 6.64. The fraction of sp³-hybridized carbons (Fsp3) is 0.462. The number of benzene rings is 1. The first kappa shape index (κ1) is 15.4. The molecule has 1 fully saturated rings. The summed E-state index contributed by atoms with van der Waals surface area (Å²) in [5, 5.41) is 10.0. The van der Waals surface area contributed by atoms with Gasteiger partial charge in [-0.05, 0) is 24.2 Å². The lowest BCUT2D eigenvalue weighted by atomic mass is 9.95. The van der Waals surface area contributed by atoms with Crippen LogP contribution in [0.3, 0.4) is 0 Å². The Morgan fingerprint density at radius 1 is 1.45 bits per heavy atom. The van der Waals surface area contributed by atoms with Crippen molar-refractivity contribution in [1.29, 1.82) is 0 Å². The number of carboxylic acid groups (broad SMARTS) is 1. The van der Waals surface area contributed by atoms with Gasteiger partial charge in [-0.2, -0.15) is 0 Å². The summed E-state index contributed by atoms with van der Waals surface area (Å²) >= 11 is 11.9. The van der Waals surface area contributed by atoms with Crippen LogP contribution in [0.1, 0.15) is 11.7 Å². The Morgan fingerprint density at radius 3 is 2.80 bits per heavy atom. The molecule has 3 N–H and O–H groups in total. The second-order valence-corrected chi connectivity index (χ2v) is 5.50. The van der Waals surface area contributed by atoms with Crippen LogP contribution in [0.2, 0.25) is 10.0 Å². The zero-order valence-corrected chi connectivity index (χ0v) is 12.3. The molecule has 7 heteroatoms. The Balaban J connectivity index is 2.24. The molecule has 0 aliphatic carbocycles. The highest BCUT2D eigenvalue weighted by molar-refractivity contribution is 6.42. The molecule has 1 heterocycles. The molecule has 0 bridgehead atoms. The molecule has 0 aromatic heterocycles. The van der Waals surface area contributed by atoms with E-state index in [2.05, 4.69) is 0 Å². The van der Waals surface area contributed by atoms with Crippen molar-refractivity contribution in [2.45, 2.75) is 6.10 Å². The lowest BCUT2D eigenvalue weighted by Gasteiger charge is -2.25. The zero-order valence-electron chi connectivity index (χ0n) is 10.8. The third-order valence-corrected chi connectivity index (χ3v) is 4.13. The van der Waals surface area contributed by atoms with Crippen molar-refractivity contribution in [2.24, 2.45) is 11.7 Å². The summed E-state index contributed by atoms with van der Waals surface area (Å²) in [6, 6.07) is 5.28. The van der Waals surface area contributed by atoms with E-state index in [1.807, 2.05) is 6.07 Å². The first-order chi connectivity index (χ1) is 9.52. The normalized spacial score (nSPS) is 23.4. The summed E-state index contributed by atoms with van der Waals surface area (Å²) < 4.78 is 5.78. The molecule has 2 atom stereocenters. The molecule has 110 valence electrons. The lowest BCUT2D eigenvalue weighted by Crippen LogP contribution is -2.37. The van der Waals surface area contributed by atoms with E-state index in [1.165, 1.54) is 4.90 Å². The number of nitrogens with two attached hydrogens (primary N) is 1. The molecule has 1 aliphatic heterocycles. The first-order valence-corrected chi connectivity index (χ1v) is 7.03. The number of carbonyl (C=O) groups is 1. The van der Waals surface area contributed by atoms with Crippen molar-refractivity contribution >= 4 is 29.3 Å². The molecular formula is C13H16Cl2N2O3. The van der Waals surface area contributed by atoms with Crippen LogP contribution in [-0.4, -0.2) is 42.3 Å². The molecule has 1 aromatic carbocycles. The summed E-state index contributed by atoms with van der Waals surface area (Å²) in [6.07, 6.45) is -1.24.